The van der Waals surface area contributed by atoms with E-state index in [0.717, 1.165) is 0 Å². The Morgan fingerprint density at radius 2 is 2.19 bits per heavy atom. The lowest BCUT2D eigenvalue weighted by Crippen LogP contribution is -2.08. The zero-order valence-electron chi connectivity index (χ0n) is 8.82. The number of halogens is 1. The topological polar surface area (TPSA) is 69.4 Å². The van der Waals surface area contributed by atoms with E-state index in [0.29, 0.717) is 16.1 Å². The first-order valence-electron chi connectivity index (χ1n) is 4.46. The molecule has 0 heterocycles. The van der Waals surface area contributed by atoms with Crippen molar-refractivity contribution in [2.45, 2.75) is 13.3 Å². The van der Waals surface area contributed by atoms with E-state index < -0.39 is 10.9 Å². The number of nitro groups is 1. The third-order valence-corrected chi connectivity index (χ3v) is 2.66. The number of nitro benzene ring substituents is 1. The van der Waals surface area contributed by atoms with Crippen molar-refractivity contribution in [3.05, 3.63) is 38.4 Å². The molecular weight excluding hydrogens is 234 g/mol. The molecule has 0 unspecified atom stereocenters. The van der Waals surface area contributed by atoms with E-state index in [4.69, 9.17) is 11.6 Å². The van der Waals surface area contributed by atoms with E-state index >= 15 is 0 Å². The molecule has 6 heteroatoms. The van der Waals surface area contributed by atoms with Gasteiger partial charge in [-0.3, -0.25) is 14.9 Å². The van der Waals surface area contributed by atoms with Crippen LogP contribution in [0.15, 0.2) is 12.1 Å². The van der Waals surface area contributed by atoms with Crippen molar-refractivity contribution in [2.24, 2.45) is 0 Å². The number of rotatable bonds is 3. The minimum atomic E-state index is -0.540. The third-order valence-electron chi connectivity index (χ3n) is 2.25. The highest BCUT2D eigenvalue weighted by atomic mass is 35.5. The molecule has 0 aliphatic rings. The quantitative estimate of drug-likeness (QED) is 0.464. The molecule has 0 fully saturated rings. The van der Waals surface area contributed by atoms with E-state index in [9.17, 15) is 14.9 Å². The predicted molar refractivity (Wildman–Crippen MR) is 58.6 cm³/mol. The number of benzene rings is 1. The van der Waals surface area contributed by atoms with Gasteiger partial charge >= 0.3 is 5.97 Å². The van der Waals surface area contributed by atoms with Crippen LogP contribution < -0.4 is 0 Å². The monoisotopic (exact) mass is 243 g/mol. The number of hydrogen-bond donors (Lipinski definition) is 0. The highest BCUT2D eigenvalue weighted by Crippen LogP contribution is 2.28. The van der Waals surface area contributed by atoms with E-state index in [1.165, 1.54) is 19.2 Å². The van der Waals surface area contributed by atoms with Crippen molar-refractivity contribution < 1.29 is 14.5 Å². The first-order chi connectivity index (χ1) is 7.47. The van der Waals surface area contributed by atoms with Crippen LogP contribution in [0.5, 0.6) is 0 Å². The minimum Gasteiger partial charge on any atom is -0.469 e. The van der Waals surface area contributed by atoms with Gasteiger partial charge in [0.1, 0.15) is 0 Å². The van der Waals surface area contributed by atoms with E-state index in [1.807, 2.05) is 0 Å². The first kappa shape index (κ1) is 12.4. The largest absolute Gasteiger partial charge is 0.469 e. The van der Waals surface area contributed by atoms with Crippen molar-refractivity contribution in [1.29, 1.82) is 0 Å². The van der Waals surface area contributed by atoms with Gasteiger partial charge in [-0.1, -0.05) is 11.6 Å². The number of nitrogens with zero attached hydrogens (tertiary/aromatic N) is 1. The van der Waals surface area contributed by atoms with Crippen molar-refractivity contribution in [2.75, 3.05) is 7.11 Å². The van der Waals surface area contributed by atoms with Gasteiger partial charge in [0.15, 0.2) is 0 Å². The molecule has 86 valence electrons. The zero-order valence-corrected chi connectivity index (χ0v) is 9.58. The maximum atomic E-state index is 11.1. The fourth-order valence-electron chi connectivity index (χ4n) is 1.32. The summed E-state index contributed by atoms with van der Waals surface area (Å²) in [6, 6.07) is 2.73. The molecule has 5 nitrogen and oxygen atoms in total. The van der Waals surface area contributed by atoms with E-state index in [2.05, 4.69) is 4.74 Å². The summed E-state index contributed by atoms with van der Waals surface area (Å²) >= 11 is 5.84. The molecule has 0 spiro atoms. The van der Waals surface area contributed by atoms with Crippen molar-refractivity contribution in [1.82, 2.24) is 0 Å². The molecule has 0 N–H and O–H groups in total. The molecular formula is C10H10ClNO4. The fourth-order valence-corrected chi connectivity index (χ4v) is 1.50. The molecule has 0 atom stereocenters. The average molecular weight is 244 g/mol. The van der Waals surface area contributed by atoms with Gasteiger partial charge in [0.05, 0.1) is 18.5 Å². The van der Waals surface area contributed by atoms with Crippen LogP contribution in [-0.4, -0.2) is 18.0 Å². The Kier molecular flexibility index (Phi) is 3.84. The molecule has 16 heavy (non-hydrogen) atoms. The SMILES string of the molecule is COC(=O)Cc1c([N+](=O)[O-])ccc(Cl)c1C. The molecule has 0 amide bonds. The molecule has 0 saturated heterocycles. The summed E-state index contributed by atoms with van der Waals surface area (Å²) in [5.41, 5.74) is 0.706. The van der Waals surface area contributed by atoms with Crippen molar-refractivity contribution in [3.8, 4) is 0 Å². The van der Waals surface area contributed by atoms with Crippen molar-refractivity contribution in [3.63, 3.8) is 0 Å². The summed E-state index contributed by atoms with van der Waals surface area (Å²) in [5, 5.41) is 11.2. The second-order valence-corrected chi connectivity index (χ2v) is 3.59. The molecule has 0 aliphatic heterocycles. The van der Waals surface area contributed by atoms with Crippen LogP contribution in [0.2, 0.25) is 5.02 Å². The second-order valence-electron chi connectivity index (χ2n) is 3.18. The normalized spacial score (nSPS) is 9.94. The lowest BCUT2D eigenvalue weighted by molar-refractivity contribution is -0.385. The van der Waals surface area contributed by atoms with Gasteiger partial charge in [0, 0.05) is 16.7 Å². The Balaban J connectivity index is 3.26. The number of carbonyl (C=O) groups excluding carboxylic acids is 1. The van der Waals surface area contributed by atoms with Crippen LogP contribution in [0, 0.1) is 17.0 Å². The summed E-state index contributed by atoms with van der Waals surface area (Å²) in [7, 11) is 1.23. The Hall–Kier alpha value is -1.62. The number of esters is 1. The fraction of sp³-hybridized carbons (Fsp3) is 0.300. The van der Waals surface area contributed by atoms with E-state index in [1.54, 1.807) is 6.92 Å². The molecule has 1 aromatic rings. The molecule has 1 rings (SSSR count). The summed E-state index contributed by atoms with van der Waals surface area (Å²) in [6.07, 6.45) is -0.154. The van der Waals surface area contributed by atoms with Crippen LogP contribution in [0.1, 0.15) is 11.1 Å². The number of carbonyl (C=O) groups is 1. The summed E-state index contributed by atoms with van der Waals surface area (Å²) in [5.74, 6) is -0.534. The average Bonchev–Trinajstić information content (AvgIpc) is 2.24. The zero-order chi connectivity index (χ0) is 12.3. The maximum Gasteiger partial charge on any atom is 0.310 e. The highest BCUT2D eigenvalue weighted by Gasteiger charge is 2.20. The smallest absolute Gasteiger partial charge is 0.310 e. The molecule has 0 aliphatic carbocycles. The second kappa shape index (κ2) is 4.94. The van der Waals surface area contributed by atoms with Gasteiger partial charge in [-0.2, -0.15) is 0 Å². The standard InChI is InChI=1S/C10H10ClNO4/c1-6-7(5-10(13)16-2)9(12(14)15)4-3-8(6)11/h3-4H,5H2,1-2H3. The molecule has 0 aromatic heterocycles. The minimum absolute atomic E-state index is 0.118. The van der Waals surface area contributed by atoms with Gasteiger partial charge in [0.2, 0.25) is 0 Å². The molecule has 1 aromatic carbocycles. The Labute approximate surface area is 97.1 Å². The first-order valence-corrected chi connectivity index (χ1v) is 4.84. The molecule has 0 saturated carbocycles. The summed E-state index contributed by atoms with van der Waals surface area (Å²) in [6.45, 7) is 1.63. The Morgan fingerprint density at radius 3 is 2.69 bits per heavy atom. The third kappa shape index (κ3) is 2.49. The molecule has 0 radical (unpaired) electrons. The van der Waals surface area contributed by atoms with Gasteiger partial charge in [-0.05, 0) is 18.6 Å². The highest BCUT2D eigenvalue weighted by molar-refractivity contribution is 6.31. The lowest BCUT2D eigenvalue weighted by Gasteiger charge is -2.07. The van der Waals surface area contributed by atoms with Crippen LogP contribution in [0.4, 0.5) is 5.69 Å². The number of hydrogen-bond acceptors (Lipinski definition) is 4. The van der Waals surface area contributed by atoms with Crippen LogP contribution in [-0.2, 0) is 16.0 Å². The van der Waals surface area contributed by atoms with Gasteiger partial charge in [0.25, 0.3) is 5.69 Å². The van der Waals surface area contributed by atoms with Gasteiger partial charge in [-0.25, -0.2) is 0 Å². The van der Waals surface area contributed by atoms with E-state index in [-0.39, 0.29) is 12.1 Å². The van der Waals surface area contributed by atoms with Crippen LogP contribution >= 0.6 is 11.6 Å². The molecule has 0 bridgehead atoms. The maximum absolute atomic E-state index is 11.1. The van der Waals surface area contributed by atoms with Gasteiger partial charge < -0.3 is 4.74 Å². The summed E-state index contributed by atoms with van der Waals surface area (Å²) < 4.78 is 4.48. The number of ether oxygens (including phenoxy) is 1. The Morgan fingerprint density at radius 1 is 1.56 bits per heavy atom. The predicted octanol–water partition coefficient (Wildman–Crippen LogP) is 2.27. The summed E-state index contributed by atoms with van der Waals surface area (Å²) in [4.78, 5) is 21.4. The van der Waals surface area contributed by atoms with Crippen LogP contribution in [0.3, 0.4) is 0 Å². The van der Waals surface area contributed by atoms with Crippen molar-refractivity contribution >= 4 is 23.3 Å². The Bertz CT molecular complexity index is 445. The van der Waals surface area contributed by atoms with Gasteiger partial charge in [-0.15, -0.1) is 0 Å². The van der Waals surface area contributed by atoms with Crippen LogP contribution in [0.25, 0.3) is 0 Å². The lowest BCUT2D eigenvalue weighted by atomic mass is 10.0. The number of methoxy groups -OCH3 is 1.